The summed E-state index contributed by atoms with van der Waals surface area (Å²) in [4.78, 5) is 14.5. The van der Waals surface area contributed by atoms with E-state index in [9.17, 15) is 13.6 Å². The van der Waals surface area contributed by atoms with Gasteiger partial charge in [-0.25, -0.2) is 13.8 Å². The van der Waals surface area contributed by atoms with E-state index in [4.69, 9.17) is 11.6 Å². The van der Waals surface area contributed by atoms with Gasteiger partial charge in [-0.1, -0.05) is 0 Å². The molecule has 0 aliphatic rings. The van der Waals surface area contributed by atoms with Crippen LogP contribution in [0.15, 0.2) is 15.3 Å². The number of hydrogen-bond acceptors (Lipinski definition) is 2. The Labute approximate surface area is 99.9 Å². The first kappa shape index (κ1) is 12.0. The zero-order valence-electron chi connectivity index (χ0n) is 6.40. The molecule has 0 fully saturated rings. The third-order valence-electron chi connectivity index (χ3n) is 1.43. The van der Waals surface area contributed by atoms with Gasteiger partial charge in [0.2, 0.25) is 0 Å². The predicted molar refractivity (Wildman–Crippen MR) is 54.8 cm³/mol. The van der Waals surface area contributed by atoms with E-state index in [-0.39, 0.29) is 20.2 Å². The summed E-state index contributed by atoms with van der Waals surface area (Å²) in [5.74, 6) is 0. The van der Waals surface area contributed by atoms with Gasteiger partial charge in [-0.2, -0.15) is 0 Å². The summed E-state index contributed by atoms with van der Waals surface area (Å²) in [5, 5.41) is -0.848. The van der Waals surface area contributed by atoms with Crippen molar-refractivity contribution in [3.05, 3.63) is 26.4 Å². The van der Waals surface area contributed by atoms with E-state index >= 15 is 0 Å². The van der Waals surface area contributed by atoms with Gasteiger partial charge in [0.1, 0.15) is 4.60 Å². The second-order valence-corrected chi connectivity index (χ2v) is 4.16. The van der Waals surface area contributed by atoms with E-state index in [2.05, 4.69) is 36.8 Å². The summed E-state index contributed by atoms with van der Waals surface area (Å²) in [6.45, 7) is 0. The van der Waals surface area contributed by atoms with Crippen molar-refractivity contribution in [2.75, 3.05) is 0 Å². The lowest BCUT2D eigenvalue weighted by Crippen LogP contribution is -2.00. The average Bonchev–Trinajstić information content (AvgIpc) is 2.02. The van der Waals surface area contributed by atoms with Gasteiger partial charge in [0.05, 0.1) is 11.1 Å². The SMILES string of the molecule is O=C(Cl)c1c(Br)ncc(C(F)F)c1Br. The fourth-order valence-electron chi connectivity index (χ4n) is 0.802. The molecule has 0 bridgehead atoms. The quantitative estimate of drug-likeness (QED) is 0.598. The maximum atomic E-state index is 12.4. The predicted octanol–water partition coefficient (Wildman–Crippen LogP) is 3.92. The molecule has 0 aliphatic carbocycles. The topological polar surface area (TPSA) is 30.0 Å². The van der Waals surface area contributed by atoms with Gasteiger partial charge in [-0.05, 0) is 43.5 Å². The molecule has 1 aromatic rings. The van der Waals surface area contributed by atoms with Crippen LogP contribution in [0.3, 0.4) is 0 Å². The maximum absolute atomic E-state index is 12.4. The molecule has 1 heterocycles. The van der Waals surface area contributed by atoms with Crippen molar-refractivity contribution >= 4 is 48.7 Å². The van der Waals surface area contributed by atoms with Crippen molar-refractivity contribution in [2.45, 2.75) is 6.43 Å². The monoisotopic (exact) mass is 347 g/mol. The van der Waals surface area contributed by atoms with Gasteiger partial charge in [0.15, 0.2) is 0 Å². The van der Waals surface area contributed by atoms with Crippen LogP contribution in [0.2, 0.25) is 0 Å². The van der Waals surface area contributed by atoms with Gasteiger partial charge in [0, 0.05) is 10.7 Å². The Hall–Kier alpha value is -0.0700. The minimum Gasteiger partial charge on any atom is -0.275 e. The third kappa shape index (κ3) is 2.29. The van der Waals surface area contributed by atoms with Gasteiger partial charge >= 0.3 is 0 Å². The van der Waals surface area contributed by atoms with E-state index in [1.807, 2.05) is 0 Å². The lowest BCUT2D eigenvalue weighted by atomic mass is 10.2. The molecule has 2 nitrogen and oxygen atoms in total. The van der Waals surface area contributed by atoms with Crippen LogP contribution in [0, 0.1) is 0 Å². The number of halogens is 5. The van der Waals surface area contributed by atoms with E-state index in [0.29, 0.717) is 0 Å². The Morgan fingerprint density at radius 3 is 2.50 bits per heavy atom. The summed E-state index contributed by atoms with van der Waals surface area (Å²) in [7, 11) is 0. The highest BCUT2D eigenvalue weighted by molar-refractivity contribution is 9.11. The minimum absolute atomic E-state index is 0.0330. The van der Waals surface area contributed by atoms with E-state index in [1.165, 1.54) is 0 Å². The molecule has 0 radical (unpaired) electrons. The van der Waals surface area contributed by atoms with E-state index < -0.39 is 11.7 Å². The molecule has 0 amide bonds. The molecule has 0 aromatic carbocycles. The molecule has 0 N–H and O–H groups in total. The highest BCUT2D eigenvalue weighted by Crippen LogP contribution is 2.33. The molecule has 0 unspecified atom stereocenters. The van der Waals surface area contributed by atoms with Crippen molar-refractivity contribution in [3.63, 3.8) is 0 Å². The lowest BCUT2D eigenvalue weighted by Gasteiger charge is -2.06. The number of hydrogen-bond donors (Lipinski definition) is 0. The molecule has 1 rings (SSSR count). The molecule has 7 heteroatoms. The van der Waals surface area contributed by atoms with Crippen LogP contribution < -0.4 is 0 Å². The molecular formula is C7H2Br2ClF2NO. The van der Waals surface area contributed by atoms with Crippen LogP contribution in [0.4, 0.5) is 8.78 Å². The molecule has 0 atom stereocenters. The molecule has 0 saturated heterocycles. The summed E-state index contributed by atoms with van der Waals surface area (Å²) in [6.07, 6.45) is -1.73. The second-order valence-electron chi connectivity index (χ2n) is 2.27. The highest BCUT2D eigenvalue weighted by atomic mass is 79.9. The molecule has 0 spiro atoms. The van der Waals surface area contributed by atoms with Crippen molar-refractivity contribution < 1.29 is 13.6 Å². The van der Waals surface area contributed by atoms with Gasteiger partial charge in [0.25, 0.3) is 11.7 Å². The van der Waals surface area contributed by atoms with Crippen LogP contribution in [-0.2, 0) is 0 Å². The second kappa shape index (κ2) is 4.63. The smallest absolute Gasteiger partial charge is 0.266 e. The number of carbonyl (C=O) groups excluding carboxylic acids is 1. The first-order valence-corrected chi connectivity index (χ1v) is 5.23. The first-order chi connectivity index (χ1) is 6.45. The van der Waals surface area contributed by atoms with Crippen molar-refractivity contribution in [1.82, 2.24) is 4.98 Å². The van der Waals surface area contributed by atoms with Crippen LogP contribution in [-0.4, -0.2) is 10.2 Å². The van der Waals surface area contributed by atoms with E-state index in [1.54, 1.807) is 0 Å². The van der Waals surface area contributed by atoms with Gasteiger partial charge in [-0.15, -0.1) is 0 Å². The van der Waals surface area contributed by atoms with Crippen LogP contribution in [0.25, 0.3) is 0 Å². The summed E-state index contributed by atoms with van der Waals surface area (Å²) >= 11 is 11.0. The Balaban J connectivity index is 3.41. The highest BCUT2D eigenvalue weighted by Gasteiger charge is 2.21. The van der Waals surface area contributed by atoms with Crippen molar-refractivity contribution in [2.24, 2.45) is 0 Å². The van der Waals surface area contributed by atoms with Crippen molar-refractivity contribution in [1.29, 1.82) is 0 Å². The average molecular weight is 349 g/mol. The number of pyridine rings is 1. The fraction of sp³-hybridized carbons (Fsp3) is 0.143. The summed E-state index contributed by atoms with van der Waals surface area (Å²) in [6, 6.07) is 0. The number of alkyl halides is 2. The Morgan fingerprint density at radius 2 is 2.07 bits per heavy atom. The Kier molecular flexibility index (Phi) is 3.97. The maximum Gasteiger partial charge on any atom is 0.266 e. The zero-order chi connectivity index (χ0) is 10.9. The number of rotatable bonds is 2. The number of nitrogens with zero attached hydrogens (tertiary/aromatic N) is 1. The molecule has 1 aromatic heterocycles. The van der Waals surface area contributed by atoms with Gasteiger partial charge in [-0.3, -0.25) is 4.79 Å². The molecule has 14 heavy (non-hydrogen) atoms. The number of aromatic nitrogens is 1. The van der Waals surface area contributed by atoms with E-state index in [0.717, 1.165) is 6.20 Å². The van der Waals surface area contributed by atoms with Crippen LogP contribution in [0.1, 0.15) is 22.3 Å². The number of carbonyl (C=O) groups is 1. The fourth-order valence-corrected chi connectivity index (χ4v) is 2.60. The Bertz CT molecular complexity index is 386. The molecule has 76 valence electrons. The molecule has 0 aliphatic heterocycles. The summed E-state index contributed by atoms with van der Waals surface area (Å²) in [5.41, 5.74) is -0.457. The zero-order valence-corrected chi connectivity index (χ0v) is 10.3. The van der Waals surface area contributed by atoms with Crippen molar-refractivity contribution in [3.8, 4) is 0 Å². The van der Waals surface area contributed by atoms with Crippen LogP contribution in [0.5, 0.6) is 0 Å². The first-order valence-electron chi connectivity index (χ1n) is 3.27. The largest absolute Gasteiger partial charge is 0.275 e. The third-order valence-corrected chi connectivity index (χ3v) is 3.07. The van der Waals surface area contributed by atoms with Gasteiger partial charge < -0.3 is 0 Å². The Morgan fingerprint density at radius 1 is 1.50 bits per heavy atom. The lowest BCUT2D eigenvalue weighted by molar-refractivity contribution is 0.107. The minimum atomic E-state index is -2.71. The standard InChI is InChI=1S/C7H2Br2ClF2NO/c8-4-2(7(11)12)1-13-5(9)3(4)6(10)14/h1,7H. The van der Waals surface area contributed by atoms with Crippen LogP contribution >= 0.6 is 43.5 Å². The normalized spacial score (nSPS) is 10.7. The molecular weight excluding hydrogens is 347 g/mol. The summed E-state index contributed by atoms with van der Waals surface area (Å²) < 4.78 is 24.8. The molecule has 0 saturated carbocycles.